The lowest BCUT2D eigenvalue weighted by atomic mass is 9.86. The number of unbranched alkanes of at least 4 members (excludes halogenated alkanes) is 1. The highest BCUT2D eigenvalue weighted by molar-refractivity contribution is 7.98. The molecular weight excluding hydrogens is 1230 g/mol. The molecule has 96 heavy (non-hydrogen) atoms. The number of benzene rings is 5. The average Bonchev–Trinajstić information content (AvgIpc) is 0.989. The minimum absolute atomic E-state index is 0.0159. The van der Waals surface area contributed by atoms with E-state index in [2.05, 4.69) is 21.3 Å². The SMILES string of the molecule is CC(C)C[C@H]1CN(CC(N)=O)C(=O)CCSCc2ccc(cc2)C(=O)N[C@@H](CCCCN)CN(C(=O)CCc2ccccc2)CC(=O)N[C@@H](CC(C)C)CN(C(=O)CCC2CCCCC2)CC(=O)N[C@@H](Cc2ccccc2)CN(C(=O)Cc2ccc3ccccc3c2)CC(=O)N1. The molecule has 0 unspecified atom stereocenters. The Morgan fingerprint density at radius 2 is 1.10 bits per heavy atom. The number of hydrogen-bond acceptors (Lipinski definition) is 11. The Morgan fingerprint density at radius 1 is 0.552 bits per heavy atom. The molecule has 5 aromatic rings. The molecule has 20 heteroatoms. The highest BCUT2D eigenvalue weighted by atomic mass is 32.2. The van der Waals surface area contributed by atoms with Crippen LogP contribution < -0.4 is 32.7 Å². The molecule has 8 rings (SSSR count). The van der Waals surface area contributed by atoms with Gasteiger partial charge in [-0.2, -0.15) is 11.8 Å². The van der Waals surface area contributed by atoms with Crippen molar-refractivity contribution in [2.45, 2.75) is 167 Å². The Hall–Kier alpha value is -8.10. The van der Waals surface area contributed by atoms with E-state index in [1.807, 2.05) is 143 Å². The van der Waals surface area contributed by atoms with Crippen molar-refractivity contribution in [1.29, 1.82) is 0 Å². The van der Waals surface area contributed by atoms with Crippen LogP contribution in [0.5, 0.6) is 0 Å². The highest BCUT2D eigenvalue weighted by Crippen LogP contribution is 2.28. The predicted molar refractivity (Wildman–Crippen MR) is 380 cm³/mol. The maximum absolute atomic E-state index is 15.1. The number of thioether (sulfide) groups is 1. The summed E-state index contributed by atoms with van der Waals surface area (Å²) in [6.45, 7) is 6.83. The number of aryl methyl sites for hydroxylation is 1. The molecule has 0 radical (unpaired) electrons. The Labute approximate surface area is 572 Å². The van der Waals surface area contributed by atoms with E-state index in [4.69, 9.17) is 11.5 Å². The van der Waals surface area contributed by atoms with Gasteiger partial charge in [0.25, 0.3) is 5.91 Å². The van der Waals surface area contributed by atoms with Gasteiger partial charge in [-0.1, -0.05) is 181 Å². The van der Waals surface area contributed by atoms with Crippen LogP contribution in [-0.4, -0.2) is 162 Å². The lowest BCUT2D eigenvalue weighted by molar-refractivity contribution is -0.138. The van der Waals surface area contributed by atoms with Crippen LogP contribution in [0.3, 0.4) is 0 Å². The number of nitrogens with one attached hydrogen (secondary N) is 4. The third-order valence-corrected chi connectivity index (χ3v) is 18.9. The summed E-state index contributed by atoms with van der Waals surface area (Å²) in [4.78, 5) is 136. The van der Waals surface area contributed by atoms with Gasteiger partial charge in [-0.15, -0.1) is 0 Å². The lowest BCUT2D eigenvalue weighted by Crippen LogP contribution is -2.55. The Kier molecular flexibility index (Phi) is 31.2. The zero-order chi connectivity index (χ0) is 68.8. The summed E-state index contributed by atoms with van der Waals surface area (Å²) in [5, 5.41) is 14.6. The fourth-order valence-electron chi connectivity index (χ4n) is 13.1. The number of carbonyl (C=O) groups is 9. The molecule has 9 amide bonds. The first-order chi connectivity index (χ1) is 46.2. The third kappa shape index (κ3) is 26.8. The van der Waals surface area contributed by atoms with Gasteiger partial charge < -0.3 is 52.3 Å². The van der Waals surface area contributed by atoms with Gasteiger partial charge >= 0.3 is 0 Å². The van der Waals surface area contributed by atoms with Crippen LogP contribution in [0.2, 0.25) is 0 Å². The van der Waals surface area contributed by atoms with Crippen molar-refractivity contribution in [3.8, 4) is 0 Å². The van der Waals surface area contributed by atoms with E-state index >= 15 is 9.59 Å². The predicted octanol–water partition coefficient (Wildman–Crippen LogP) is 8.53. The van der Waals surface area contributed by atoms with Crippen molar-refractivity contribution in [3.63, 3.8) is 0 Å². The van der Waals surface area contributed by atoms with Crippen LogP contribution >= 0.6 is 11.8 Å². The molecule has 2 bridgehead atoms. The molecule has 8 N–H and O–H groups in total. The summed E-state index contributed by atoms with van der Waals surface area (Å²) < 4.78 is 0. The smallest absolute Gasteiger partial charge is 0.251 e. The zero-order valence-electron chi connectivity index (χ0n) is 57.0. The summed E-state index contributed by atoms with van der Waals surface area (Å²) in [5.41, 5.74) is 15.6. The molecule has 19 nitrogen and oxygen atoms in total. The van der Waals surface area contributed by atoms with Crippen LogP contribution in [-0.2, 0) is 63.4 Å². The second-order valence-electron chi connectivity index (χ2n) is 27.1. The number of nitrogens with zero attached hydrogens (tertiary/aromatic N) is 4. The molecule has 1 fully saturated rings. The normalized spacial score (nSPS) is 19.5. The molecule has 518 valence electrons. The van der Waals surface area contributed by atoms with E-state index in [1.54, 1.807) is 12.1 Å². The van der Waals surface area contributed by atoms with E-state index in [9.17, 15) is 33.6 Å². The van der Waals surface area contributed by atoms with Gasteiger partial charge in [0.2, 0.25) is 47.3 Å². The summed E-state index contributed by atoms with van der Waals surface area (Å²) in [5.74, 6) is -2.42. The summed E-state index contributed by atoms with van der Waals surface area (Å²) in [6, 6.07) is 37.3. The minimum atomic E-state index is -0.783. The maximum Gasteiger partial charge on any atom is 0.251 e. The summed E-state index contributed by atoms with van der Waals surface area (Å²) in [7, 11) is 0. The second kappa shape index (κ2) is 39.8. The van der Waals surface area contributed by atoms with Gasteiger partial charge in [0.1, 0.15) is 0 Å². The standard InChI is InChI=1S/C76H104N10O9S/c1-54(2)40-65-46-83(49-68(78)87)74(93)37-39-96-53-59-27-33-62(34-28-59)76(95)82-64(26-16-17-38-77)45-84(72(91)35-30-56-18-8-5-9-19-56)50-69(88)80-66(41-55(3)4)47-85(73(92)36-31-57-20-10-6-11-21-57)51-70(89)81-67(43-58-22-12-7-13-23-58)48-86(52-71(90)79-65)75(94)44-60-29-32-61-24-14-15-25-63(61)42-60/h5,7-9,12-15,18-19,22-25,27-29,32-34,42,54-55,57,64-67H,6,10-11,16-17,20-21,26,30-31,35-41,43-53,77H2,1-4H3,(H2,78,87)(H,79,90)(H,80,88)(H,81,89)(H,82,95)/t64-,65-,66-,67-/m0/s1. The Morgan fingerprint density at radius 3 is 1.72 bits per heavy atom. The van der Waals surface area contributed by atoms with Gasteiger partial charge in [-0.3, -0.25) is 43.2 Å². The highest BCUT2D eigenvalue weighted by Gasteiger charge is 2.31. The molecule has 1 saturated carbocycles. The maximum atomic E-state index is 15.1. The zero-order valence-corrected chi connectivity index (χ0v) is 57.8. The number of carbonyl (C=O) groups excluding carboxylic acids is 9. The number of primary amides is 1. The number of nitrogens with two attached hydrogens (primary N) is 2. The first-order valence-electron chi connectivity index (χ1n) is 34.8. The fourth-order valence-corrected chi connectivity index (χ4v) is 14.0. The fraction of sp³-hybridized carbons (Fsp3) is 0.513. The molecule has 2 aliphatic heterocycles. The summed E-state index contributed by atoms with van der Waals surface area (Å²) >= 11 is 1.51. The third-order valence-electron chi connectivity index (χ3n) is 17.9. The van der Waals surface area contributed by atoms with Crippen molar-refractivity contribution < 1.29 is 43.2 Å². The quantitative estimate of drug-likeness (QED) is 0.0318. The number of hydrogen-bond donors (Lipinski definition) is 6. The molecule has 5 aromatic carbocycles. The van der Waals surface area contributed by atoms with Crippen LogP contribution in [0, 0.1) is 17.8 Å². The van der Waals surface area contributed by atoms with Crippen LogP contribution in [0.4, 0.5) is 0 Å². The molecule has 0 saturated heterocycles. The van der Waals surface area contributed by atoms with Gasteiger partial charge in [0.05, 0.1) is 38.6 Å². The van der Waals surface area contributed by atoms with E-state index < -0.39 is 54.3 Å². The monoisotopic (exact) mass is 1330 g/mol. The molecule has 0 aromatic heterocycles. The van der Waals surface area contributed by atoms with E-state index in [-0.39, 0.29) is 119 Å². The van der Waals surface area contributed by atoms with Gasteiger partial charge in [0.15, 0.2) is 0 Å². The first-order valence-corrected chi connectivity index (χ1v) is 35.9. The van der Waals surface area contributed by atoms with Crippen molar-refractivity contribution in [3.05, 3.63) is 155 Å². The molecule has 0 spiro atoms. The van der Waals surface area contributed by atoms with Crippen LogP contribution in [0.15, 0.2) is 127 Å². The van der Waals surface area contributed by atoms with Crippen molar-refractivity contribution in [2.75, 3.05) is 64.7 Å². The second-order valence-corrected chi connectivity index (χ2v) is 28.3. The largest absolute Gasteiger partial charge is 0.368 e. The summed E-state index contributed by atoms with van der Waals surface area (Å²) in [6.07, 6.45) is 9.65. The Balaban J connectivity index is 1.26. The van der Waals surface area contributed by atoms with E-state index in [1.165, 1.54) is 31.4 Å². The van der Waals surface area contributed by atoms with Gasteiger partial charge in [-0.25, -0.2) is 0 Å². The molecule has 2 heterocycles. The first kappa shape index (κ1) is 75.3. The topological polar surface area (TPSA) is 267 Å². The van der Waals surface area contributed by atoms with Crippen molar-refractivity contribution in [2.24, 2.45) is 29.2 Å². The van der Waals surface area contributed by atoms with E-state index in [0.29, 0.717) is 74.5 Å². The minimum Gasteiger partial charge on any atom is -0.368 e. The van der Waals surface area contributed by atoms with Crippen LogP contribution in [0.1, 0.15) is 150 Å². The lowest BCUT2D eigenvalue weighted by Gasteiger charge is -2.33. The van der Waals surface area contributed by atoms with Gasteiger partial charge in [-0.05, 0) is 114 Å². The van der Waals surface area contributed by atoms with Crippen molar-refractivity contribution >= 4 is 75.7 Å². The Bertz CT molecular complexity index is 3310. The molecule has 3 aliphatic rings. The molecule has 4 atom stereocenters. The average molecular weight is 1330 g/mol. The molecule has 1 aliphatic carbocycles. The molecular formula is C76H104N10O9S. The number of rotatable bonds is 20. The van der Waals surface area contributed by atoms with Gasteiger partial charge in [0, 0.05) is 80.6 Å². The number of fused-ring (bicyclic) bond motifs is 30. The van der Waals surface area contributed by atoms with E-state index in [0.717, 1.165) is 65.1 Å². The van der Waals surface area contributed by atoms with Crippen molar-refractivity contribution in [1.82, 2.24) is 40.9 Å². The van der Waals surface area contributed by atoms with Crippen LogP contribution in [0.25, 0.3) is 10.8 Å². The number of amides is 9.